The van der Waals surface area contributed by atoms with Gasteiger partial charge in [-0.3, -0.25) is 14.6 Å². The second-order valence-electron chi connectivity index (χ2n) is 5.26. The molecule has 0 fully saturated rings. The highest BCUT2D eigenvalue weighted by molar-refractivity contribution is 5.96. The number of anilines is 1. The molecule has 3 rings (SSSR count). The number of esters is 1. The molecule has 2 aliphatic heterocycles. The molecule has 9 heteroatoms. The Bertz CT molecular complexity index is 931. The summed E-state index contributed by atoms with van der Waals surface area (Å²) in [4.78, 5) is 39.6. The number of H-pyrrole nitrogens is 1. The molecular formula is C16H15N5O4. The lowest BCUT2D eigenvalue weighted by atomic mass is 10.1. The predicted molar refractivity (Wildman–Crippen MR) is 88.3 cm³/mol. The van der Waals surface area contributed by atoms with Gasteiger partial charge in [-0.05, 0) is 12.1 Å². The van der Waals surface area contributed by atoms with Crippen LogP contribution in [-0.4, -0.2) is 38.7 Å². The molecule has 0 radical (unpaired) electrons. The van der Waals surface area contributed by atoms with E-state index >= 15 is 0 Å². The Hall–Kier alpha value is -3.49. The van der Waals surface area contributed by atoms with Crippen molar-refractivity contribution in [3.8, 4) is 11.3 Å². The van der Waals surface area contributed by atoms with Gasteiger partial charge in [-0.15, -0.1) is 0 Å². The van der Waals surface area contributed by atoms with E-state index in [0.29, 0.717) is 5.69 Å². The number of ether oxygens (including phenoxy) is 1. The molecule has 9 nitrogen and oxygen atoms in total. The van der Waals surface area contributed by atoms with Gasteiger partial charge >= 0.3 is 5.97 Å². The third kappa shape index (κ3) is 3.55. The van der Waals surface area contributed by atoms with E-state index < -0.39 is 11.5 Å². The molecular weight excluding hydrogens is 326 g/mol. The van der Waals surface area contributed by atoms with Crippen LogP contribution in [0, 0.1) is 0 Å². The molecule has 0 unspecified atom stereocenters. The van der Waals surface area contributed by atoms with Crippen molar-refractivity contribution in [1.29, 1.82) is 0 Å². The van der Waals surface area contributed by atoms with Crippen molar-refractivity contribution >= 4 is 17.6 Å². The van der Waals surface area contributed by atoms with Gasteiger partial charge in [0.2, 0.25) is 5.91 Å². The molecule has 1 aromatic rings. The number of pyridine rings is 2. The summed E-state index contributed by atoms with van der Waals surface area (Å²) in [6.45, 7) is 0.274. The van der Waals surface area contributed by atoms with Crippen molar-refractivity contribution in [2.45, 2.75) is 13.0 Å². The Morgan fingerprint density at radius 3 is 2.92 bits per heavy atom. The molecule has 0 atom stereocenters. The Morgan fingerprint density at radius 2 is 2.20 bits per heavy atom. The lowest BCUT2D eigenvalue weighted by Gasteiger charge is -2.11. The van der Waals surface area contributed by atoms with Crippen LogP contribution in [-0.2, 0) is 16.1 Å². The lowest BCUT2D eigenvalue weighted by Crippen LogP contribution is -2.17. The minimum absolute atomic E-state index is 0.151. The average molecular weight is 341 g/mol. The zero-order chi connectivity index (χ0) is 17.8. The van der Waals surface area contributed by atoms with Crippen molar-refractivity contribution in [2.24, 2.45) is 0 Å². The molecule has 0 bridgehead atoms. The van der Waals surface area contributed by atoms with E-state index in [-0.39, 0.29) is 35.7 Å². The van der Waals surface area contributed by atoms with Crippen LogP contribution in [0.1, 0.15) is 16.8 Å². The summed E-state index contributed by atoms with van der Waals surface area (Å²) in [5.41, 5.74) is 0.851. The first-order valence-electron chi connectivity index (χ1n) is 7.45. The highest BCUT2D eigenvalue weighted by atomic mass is 16.5. The summed E-state index contributed by atoms with van der Waals surface area (Å²) in [6, 6.07) is 3.45. The average Bonchev–Trinajstić information content (AvgIpc) is 3.00. The molecule has 0 saturated heterocycles. The SMILES string of the molecule is COC(=O)c1cn(CCC(=O)Nc2cccnc2)cc2c(=O)[nH]nc1-2. The maximum atomic E-state index is 12.0. The van der Waals surface area contributed by atoms with Crippen LogP contribution in [0.25, 0.3) is 11.3 Å². The Balaban J connectivity index is 1.78. The van der Waals surface area contributed by atoms with Crippen molar-refractivity contribution in [2.75, 3.05) is 12.4 Å². The van der Waals surface area contributed by atoms with Gasteiger partial charge in [0.05, 0.1) is 24.6 Å². The van der Waals surface area contributed by atoms with E-state index in [1.807, 2.05) is 0 Å². The number of aryl methyl sites for hydroxylation is 1. The number of aromatic nitrogens is 4. The number of hydrogen-bond donors (Lipinski definition) is 2. The van der Waals surface area contributed by atoms with Gasteiger partial charge in [0, 0.05) is 31.6 Å². The highest BCUT2D eigenvalue weighted by Gasteiger charge is 2.21. The van der Waals surface area contributed by atoms with Crippen LogP contribution in [0.5, 0.6) is 0 Å². The molecule has 0 spiro atoms. The van der Waals surface area contributed by atoms with Gasteiger partial charge in [-0.1, -0.05) is 0 Å². The summed E-state index contributed by atoms with van der Waals surface area (Å²) in [5.74, 6) is -0.819. The zero-order valence-electron chi connectivity index (χ0n) is 13.4. The van der Waals surface area contributed by atoms with Gasteiger partial charge in [-0.2, -0.15) is 5.10 Å². The summed E-state index contributed by atoms with van der Waals surface area (Å²) < 4.78 is 6.31. The van der Waals surface area contributed by atoms with Crippen LogP contribution in [0.15, 0.2) is 41.7 Å². The molecule has 0 saturated carbocycles. The molecule has 0 aromatic carbocycles. The number of methoxy groups -OCH3 is 1. The van der Waals surface area contributed by atoms with Crippen molar-refractivity contribution in [3.63, 3.8) is 0 Å². The third-order valence-electron chi connectivity index (χ3n) is 3.56. The van der Waals surface area contributed by atoms with E-state index in [2.05, 4.69) is 20.5 Å². The minimum atomic E-state index is -0.606. The van der Waals surface area contributed by atoms with Crippen LogP contribution in [0.2, 0.25) is 0 Å². The number of carbonyl (C=O) groups is 2. The molecule has 1 amide bonds. The van der Waals surface area contributed by atoms with Gasteiger partial charge in [0.15, 0.2) is 0 Å². The third-order valence-corrected chi connectivity index (χ3v) is 3.56. The summed E-state index contributed by atoms with van der Waals surface area (Å²) >= 11 is 0. The highest BCUT2D eigenvalue weighted by Crippen LogP contribution is 2.20. The molecule has 2 N–H and O–H groups in total. The smallest absolute Gasteiger partial charge is 0.341 e. The Labute approximate surface area is 142 Å². The maximum Gasteiger partial charge on any atom is 0.341 e. The van der Waals surface area contributed by atoms with Gasteiger partial charge in [0.1, 0.15) is 11.3 Å². The topological polar surface area (TPSA) is 119 Å². The first kappa shape index (κ1) is 16.4. The fraction of sp³-hybridized carbons (Fsp3) is 0.188. The van der Waals surface area contributed by atoms with Crippen molar-refractivity contribution in [1.82, 2.24) is 19.7 Å². The van der Waals surface area contributed by atoms with Crippen molar-refractivity contribution in [3.05, 3.63) is 52.8 Å². The van der Waals surface area contributed by atoms with Gasteiger partial charge in [-0.25, -0.2) is 9.89 Å². The Kier molecular flexibility index (Phi) is 4.55. The fourth-order valence-electron chi connectivity index (χ4n) is 2.37. The zero-order valence-corrected chi connectivity index (χ0v) is 13.4. The summed E-state index contributed by atoms with van der Waals surface area (Å²) in [5, 5.41) is 8.87. The number of nitrogens with one attached hydrogen (secondary N) is 2. The predicted octanol–water partition coefficient (Wildman–Crippen LogP) is 0.887. The molecule has 25 heavy (non-hydrogen) atoms. The van der Waals surface area contributed by atoms with E-state index in [1.54, 1.807) is 35.3 Å². The van der Waals surface area contributed by atoms with E-state index in [1.165, 1.54) is 13.3 Å². The quantitative estimate of drug-likeness (QED) is 0.665. The minimum Gasteiger partial charge on any atom is -0.465 e. The Morgan fingerprint density at radius 1 is 1.36 bits per heavy atom. The van der Waals surface area contributed by atoms with E-state index in [9.17, 15) is 14.4 Å². The lowest BCUT2D eigenvalue weighted by molar-refractivity contribution is -0.116. The monoisotopic (exact) mass is 341 g/mol. The molecule has 2 aliphatic rings. The van der Waals surface area contributed by atoms with Crippen LogP contribution in [0.4, 0.5) is 5.69 Å². The largest absolute Gasteiger partial charge is 0.465 e. The standard InChI is InChI=1S/C16H15N5O4/c1-25-16(24)12-9-21(8-11-14(12)19-20-15(11)23)6-4-13(22)18-10-3-2-5-17-7-10/h2-3,5,7-9H,4,6H2,1H3,(H,18,22)(H,20,23). The van der Waals surface area contributed by atoms with Crippen LogP contribution < -0.4 is 10.9 Å². The second-order valence-corrected chi connectivity index (χ2v) is 5.26. The number of carbonyl (C=O) groups excluding carboxylic acids is 2. The summed E-state index contributed by atoms with van der Waals surface area (Å²) in [6.07, 6.45) is 6.36. The molecule has 3 heterocycles. The first-order valence-corrected chi connectivity index (χ1v) is 7.45. The summed E-state index contributed by atoms with van der Waals surface area (Å²) in [7, 11) is 1.25. The maximum absolute atomic E-state index is 12.0. The number of rotatable bonds is 5. The van der Waals surface area contributed by atoms with Crippen molar-refractivity contribution < 1.29 is 14.3 Å². The normalized spacial score (nSPS) is 10.6. The van der Waals surface area contributed by atoms with E-state index in [4.69, 9.17) is 4.74 Å². The number of hydrogen-bond acceptors (Lipinski definition) is 6. The number of fused-ring (bicyclic) bond motifs is 1. The van der Waals surface area contributed by atoms with Gasteiger partial charge in [0.25, 0.3) is 5.56 Å². The number of nitrogens with zero attached hydrogens (tertiary/aromatic N) is 3. The second kappa shape index (κ2) is 6.95. The van der Waals surface area contributed by atoms with Gasteiger partial charge < -0.3 is 14.6 Å². The molecule has 0 aliphatic carbocycles. The fourth-order valence-corrected chi connectivity index (χ4v) is 2.37. The molecule has 128 valence electrons. The van der Waals surface area contributed by atoms with Crippen LogP contribution >= 0.6 is 0 Å². The first-order chi connectivity index (χ1) is 12.1. The molecule has 1 aromatic heterocycles. The number of aromatic amines is 1. The van der Waals surface area contributed by atoms with E-state index in [0.717, 1.165) is 0 Å². The van der Waals surface area contributed by atoms with Crippen LogP contribution in [0.3, 0.4) is 0 Å². The number of amides is 1.